The molecule has 1 saturated heterocycles. The normalized spacial score (nSPS) is 16.8. The lowest BCUT2D eigenvalue weighted by molar-refractivity contribution is -0.122. The number of hydrogen-bond acceptors (Lipinski definition) is 6. The topological polar surface area (TPSA) is 70.6 Å². The van der Waals surface area contributed by atoms with Crippen molar-refractivity contribution in [2.75, 3.05) is 43.5 Å². The van der Waals surface area contributed by atoms with E-state index in [4.69, 9.17) is 4.74 Å². The van der Waals surface area contributed by atoms with Crippen molar-refractivity contribution < 1.29 is 13.9 Å². The highest BCUT2D eigenvalue weighted by atomic mass is 19.1. The maximum atomic E-state index is 14.2. The highest BCUT2D eigenvalue weighted by molar-refractivity contribution is 5.83. The lowest BCUT2D eigenvalue weighted by Gasteiger charge is -2.20. The number of benzene rings is 1. The predicted octanol–water partition coefficient (Wildman–Crippen LogP) is 2.75. The number of anilines is 2. The van der Waals surface area contributed by atoms with E-state index in [0.29, 0.717) is 31.4 Å². The summed E-state index contributed by atoms with van der Waals surface area (Å²) < 4.78 is 20.3. The van der Waals surface area contributed by atoms with E-state index in [1.165, 1.54) is 6.20 Å². The average molecular weight is 413 g/mol. The zero-order valence-electron chi connectivity index (χ0n) is 17.6. The SMILES string of the molecule is C=CCNC(=O)C(C)c1ccc(OC2CCN(c3nc(N(C)C)ncc3F)C2)cc1. The van der Waals surface area contributed by atoms with Gasteiger partial charge < -0.3 is 19.9 Å². The highest BCUT2D eigenvalue weighted by Gasteiger charge is 2.27. The summed E-state index contributed by atoms with van der Waals surface area (Å²) in [5.41, 5.74) is 0.913. The Morgan fingerprint density at radius 2 is 2.17 bits per heavy atom. The first kappa shape index (κ1) is 21.5. The second-order valence-corrected chi connectivity index (χ2v) is 7.54. The van der Waals surface area contributed by atoms with Crippen molar-refractivity contribution in [3.05, 3.63) is 54.5 Å². The number of ether oxygens (including phenoxy) is 1. The van der Waals surface area contributed by atoms with Crippen molar-refractivity contribution in [2.45, 2.75) is 25.4 Å². The molecule has 3 rings (SSSR count). The Kier molecular flexibility index (Phi) is 6.87. The Labute approximate surface area is 176 Å². The number of nitrogens with one attached hydrogen (secondary N) is 1. The van der Waals surface area contributed by atoms with Gasteiger partial charge in [-0.05, 0) is 24.6 Å². The number of nitrogens with zero attached hydrogens (tertiary/aromatic N) is 4. The third-order valence-electron chi connectivity index (χ3n) is 5.05. The summed E-state index contributed by atoms with van der Waals surface area (Å²) in [6.45, 7) is 7.12. The summed E-state index contributed by atoms with van der Waals surface area (Å²) in [5, 5.41) is 2.80. The number of rotatable bonds is 8. The molecule has 1 amide bonds. The third kappa shape index (κ3) is 5.06. The molecular formula is C22H28FN5O2. The Morgan fingerprint density at radius 3 is 2.83 bits per heavy atom. The third-order valence-corrected chi connectivity index (χ3v) is 5.05. The number of carbonyl (C=O) groups excluding carboxylic acids is 1. The molecule has 1 aliphatic rings. The van der Waals surface area contributed by atoms with Crippen LogP contribution < -0.4 is 19.9 Å². The largest absolute Gasteiger partial charge is 0.489 e. The van der Waals surface area contributed by atoms with Crippen LogP contribution in [-0.2, 0) is 4.79 Å². The standard InChI is InChI=1S/C22H28FN5O2/c1-5-11-24-21(29)15(2)16-6-8-17(9-7-16)30-18-10-12-28(14-18)20-19(23)13-25-22(26-20)27(3)4/h5-9,13,15,18H,1,10-12,14H2,2-4H3,(H,24,29). The van der Waals surface area contributed by atoms with E-state index in [9.17, 15) is 9.18 Å². The molecule has 0 spiro atoms. The van der Waals surface area contributed by atoms with Crippen LogP contribution in [0.25, 0.3) is 0 Å². The lowest BCUT2D eigenvalue weighted by atomic mass is 10.0. The van der Waals surface area contributed by atoms with Gasteiger partial charge in [-0.2, -0.15) is 4.98 Å². The lowest BCUT2D eigenvalue weighted by Crippen LogP contribution is -2.28. The van der Waals surface area contributed by atoms with E-state index in [2.05, 4.69) is 21.9 Å². The Hall–Kier alpha value is -3.16. The fraction of sp³-hybridized carbons (Fsp3) is 0.409. The number of halogens is 1. The molecule has 1 aromatic carbocycles. The minimum Gasteiger partial charge on any atom is -0.489 e. The molecule has 160 valence electrons. The molecule has 7 nitrogen and oxygen atoms in total. The van der Waals surface area contributed by atoms with E-state index in [-0.39, 0.29) is 17.9 Å². The summed E-state index contributed by atoms with van der Waals surface area (Å²) in [5.74, 6) is 0.759. The van der Waals surface area contributed by atoms with Crippen LogP contribution in [0.2, 0.25) is 0 Å². The second-order valence-electron chi connectivity index (χ2n) is 7.54. The van der Waals surface area contributed by atoms with E-state index in [1.54, 1.807) is 11.0 Å². The van der Waals surface area contributed by atoms with Crippen molar-refractivity contribution in [1.29, 1.82) is 0 Å². The van der Waals surface area contributed by atoms with Gasteiger partial charge in [0.2, 0.25) is 11.9 Å². The molecule has 2 unspecified atom stereocenters. The van der Waals surface area contributed by atoms with E-state index < -0.39 is 5.82 Å². The van der Waals surface area contributed by atoms with Gasteiger partial charge in [0.1, 0.15) is 11.9 Å². The summed E-state index contributed by atoms with van der Waals surface area (Å²) >= 11 is 0. The maximum Gasteiger partial charge on any atom is 0.227 e. The Morgan fingerprint density at radius 1 is 1.43 bits per heavy atom. The van der Waals surface area contributed by atoms with Gasteiger partial charge in [0, 0.05) is 33.6 Å². The van der Waals surface area contributed by atoms with Crippen molar-refractivity contribution >= 4 is 17.7 Å². The molecule has 1 fully saturated rings. The smallest absolute Gasteiger partial charge is 0.227 e. The van der Waals surface area contributed by atoms with Crippen LogP contribution in [0, 0.1) is 5.82 Å². The summed E-state index contributed by atoms with van der Waals surface area (Å²) in [6.07, 6.45) is 3.56. The van der Waals surface area contributed by atoms with Crippen LogP contribution in [-0.4, -0.2) is 55.7 Å². The van der Waals surface area contributed by atoms with Crippen LogP contribution in [0.3, 0.4) is 0 Å². The van der Waals surface area contributed by atoms with E-state index in [1.807, 2.05) is 50.2 Å². The number of amides is 1. The first-order chi connectivity index (χ1) is 14.4. The van der Waals surface area contributed by atoms with Crippen LogP contribution in [0.15, 0.2) is 43.1 Å². The van der Waals surface area contributed by atoms with Gasteiger partial charge in [0.25, 0.3) is 0 Å². The van der Waals surface area contributed by atoms with Gasteiger partial charge >= 0.3 is 0 Å². The highest BCUT2D eigenvalue weighted by Crippen LogP contribution is 2.26. The molecule has 30 heavy (non-hydrogen) atoms. The van der Waals surface area contributed by atoms with Gasteiger partial charge in [-0.15, -0.1) is 6.58 Å². The molecule has 0 radical (unpaired) electrons. The van der Waals surface area contributed by atoms with Gasteiger partial charge in [-0.1, -0.05) is 18.2 Å². The Balaban J connectivity index is 1.60. The van der Waals surface area contributed by atoms with E-state index in [0.717, 1.165) is 17.7 Å². The molecule has 2 aromatic rings. The summed E-state index contributed by atoms with van der Waals surface area (Å²) in [7, 11) is 3.64. The van der Waals surface area contributed by atoms with Crippen molar-refractivity contribution in [3.8, 4) is 5.75 Å². The number of hydrogen-bond donors (Lipinski definition) is 1. The van der Waals surface area contributed by atoms with Gasteiger partial charge in [0.05, 0.1) is 18.7 Å². The first-order valence-electron chi connectivity index (χ1n) is 9.99. The van der Waals surface area contributed by atoms with Gasteiger partial charge in [-0.25, -0.2) is 9.37 Å². The zero-order valence-corrected chi connectivity index (χ0v) is 17.6. The van der Waals surface area contributed by atoms with Crippen LogP contribution in [0.1, 0.15) is 24.8 Å². The molecule has 0 saturated carbocycles. The fourth-order valence-corrected chi connectivity index (χ4v) is 3.31. The van der Waals surface area contributed by atoms with Crippen molar-refractivity contribution in [2.24, 2.45) is 0 Å². The average Bonchev–Trinajstić information content (AvgIpc) is 3.20. The minimum atomic E-state index is -0.436. The second kappa shape index (κ2) is 9.56. The summed E-state index contributed by atoms with van der Waals surface area (Å²) in [4.78, 5) is 24.0. The maximum absolute atomic E-state index is 14.2. The first-order valence-corrected chi connectivity index (χ1v) is 9.99. The van der Waals surface area contributed by atoms with Crippen LogP contribution >= 0.6 is 0 Å². The van der Waals surface area contributed by atoms with Crippen LogP contribution in [0.5, 0.6) is 5.75 Å². The number of carbonyl (C=O) groups is 1. The number of aromatic nitrogens is 2. The summed E-state index contributed by atoms with van der Waals surface area (Å²) in [6, 6.07) is 7.52. The van der Waals surface area contributed by atoms with Crippen LogP contribution in [0.4, 0.5) is 16.2 Å². The Bertz CT molecular complexity index is 888. The molecule has 0 aliphatic carbocycles. The molecule has 1 aliphatic heterocycles. The zero-order chi connectivity index (χ0) is 21.7. The minimum absolute atomic E-state index is 0.0426. The quantitative estimate of drug-likeness (QED) is 0.671. The van der Waals surface area contributed by atoms with Gasteiger partial charge in [0.15, 0.2) is 11.6 Å². The molecule has 1 N–H and O–H groups in total. The van der Waals surface area contributed by atoms with Gasteiger partial charge in [-0.3, -0.25) is 4.79 Å². The van der Waals surface area contributed by atoms with E-state index >= 15 is 0 Å². The molecule has 2 heterocycles. The van der Waals surface area contributed by atoms with Crippen molar-refractivity contribution in [3.63, 3.8) is 0 Å². The molecule has 0 bridgehead atoms. The monoisotopic (exact) mass is 413 g/mol. The predicted molar refractivity (Wildman–Crippen MR) is 116 cm³/mol. The fourth-order valence-electron chi connectivity index (χ4n) is 3.31. The molecule has 1 aromatic heterocycles. The molecule has 2 atom stereocenters. The van der Waals surface area contributed by atoms with Crippen molar-refractivity contribution in [1.82, 2.24) is 15.3 Å². The molecular weight excluding hydrogens is 385 g/mol. The molecule has 8 heteroatoms.